The highest BCUT2D eigenvalue weighted by Crippen LogP contribution is 2.62. The average molecular weight is 519 g/mol. The Morgan fingerprint density at radius 2 is 2.03 bits per heavy atom. The molecule has 1 aliphatic rings. The Labute approximate surface area is 180 Å². The minimum absolute atomic E-state index is 0.140. The lowest BCUT2D eigenvalue weighted by molar-refractivity contribution is -0.0731. The van der Waals surface area contributed by atoms with Crippen molar-refractivity contribution in [3.8, 4) is 0 Å². The SMILES string of the molecule is CC(O[P+](=O)OP(=O)(O)OP(=O)(O)O)[C@H]1OC(n2ccc3c(N)ncnc32)[C@](C)(F)[C@@H]1O. The van der Waals surface area contributed by atoms with Crippen molar-refractivity contribution >= 4 is 40.8 Å². The summed E-state index contributed by atoms with van der Waals surface area (Å²) in [5.74, 6) is 0.140. The van der Waals surface area contributed by atoms with Gasteiger partial charge >= 0.3 is 23.9 Å². The third kappa shape index (κ3) is 5.22. The predicted octanol–water partition coefficient (Wildman–Crippen LogP) is 1.29. The van der Waals surface area contributed by atoms with Gasteiger partial charge in [-0.15, -0.1) is 4.52 Å². The maximum Gasteiger partial charge on any atom is 0.708 e. The van der Waals surface area contributed by atoms with Crippen LogP contribution >= 0.6 is 23.9 Å². The standard InChI is InChI=1S/C13H18FN4O11P3/c1-6(27-30(20)28-32(24,25)29-31(21,22)23)8-9(19)13(2,14)12(26-8)18-4-3-7-10(15)16-5-17-11(7)18/h3-6,8-9,12,19H,1-2H3,(H4-,15,16,17,21,22,23,24,25)/p+1/t6?,8-,9-,12?,13-/m1/s1. The van der Waals surface area contributed by atoms with Gasteiger partial charge in [0.2, 0.25) is 0 Å². The van der Waals surface area contributed by atoms with Crippen LogP contribution in [0, 0.1) is 0 Å². The zero-order valence-electron chi connectivity index (χ0n) is 16.3. The molecule has 0 saturated carbocycles. The van der Waals surface area contributed by atoms with Crippen LogP contribution in [0.1, 0.15) is 20.1 Å². The van der Waals surface area contributed by atoms with E-state index in [1.54, 1.807) is 0 Å². The Morgan fingerprint density at radius 3 is 2.66 bits per heavy atom. The molecule has 3 rings (SSSR count). The third-order valence-corrected chi connectivity index (χ3v) is 8.09. The molecule has 0 bridgehead atoms. The molecule has 0 amide bonds. The number of fused-ring (bicyclic) bond motifs is 1. The monoisotopic (exact) mass is 519 g/mol. The minimum atomic E-state index is -5.46. The Bertz CT molecular complexity index is 1120. The number of nitrogens with two attached hydrogens (primary N) is 1. The molecule has 1 saturated heterocycles. The number of hydrogen-bond acceptors (Lipinski definition) is 11. The second-order valence-electron chi connectivity index (χ2n) is 6.92. The lowest BCUT2D eigenvalue weighted by Crippen LogP contribution is -2.43. The Morgan fingerprint density at radius 1 is 1.38 bits per heavy atom. The van der Waals surface area contributed by atoms with Gasteiger partial charge in [-0.05, 0) is 24.2 Å². The van der Waals surface area contributed by atoms with Crippen molar-refractivity contribution in [1.82, 2.24) is 14.5 Å². The number of halogens is 1. The molecular weight excluding hydrogens is 500 g/mol. The summed E-state index contributed by atoms with van der Waals surface area (Å²) < 4.78 is 68.6. The fourth-order valence-corrected chi connectivity index (χ4v) is 5.84. The van der Waals surface area contributed by atoms with Crippen molar-refractivity contribution in [2.45, 2.75) is 44.1 Å². The number of rotatable bonds is 8. The van der Waals surface area contributed by atoms with E-state index in [-0.39, 0.29) is 11.5 Å². The molecular formula is C13H19FN4O11P3+. The van der Waals surface area contributed by atoms with Crippen molar-refractivity contribution in [2.24, 2.45) is 0 Å². The van der Waals surface area contributed by atoms with E-state index in [9.17, 15) is 23.7 Å². The van der Waals surface area contributed by atoms with Crippen LogP contribution in [-0.2, 0) is 31.6 Å². The maximum absolute atomic E-state index is 15.4. The summed E-state index contributed by atoms with van der Waals surface area (Å²) in [5, 5.41) is 10.9. The number of nitrogens with zero attached hydrogens (tertiary/aromatic N) is 3. The molecule has 2 aromatic rings. The molecule has 7 atom stereocenters. The van der Waals surface area contributed by atoms with Crippen LogP contribution in [0.15, 0.2) is 18.6 Å². The first-order valence-electron chi connectivity index (χ1n) is 8.65. The number of ether oxygens (including phenoxy) is 1. The predicted molar refractivity (Wildman–Crippen MR) is 104 cm³/mol. The van der Waals surface area contributed by atoms with E-state index in [0.29, 0.717) is 5.39 Å². The lowest BCUT2D eigenvalue weighted by atomic mass is 9.96. The minimum Gasteiger partial charge on any atom is -0.387 e. The quantitative estimate of drug-likeness (QED) is 0.310. The molecule has 4 unspecified atom stereocenters. The summed E-state index contributed by atoms with van der Waals surface area (Å²) >= 11 is 0. The molecule has 32 heavy (non-hydrogen) atoms. The Kier molecular flexibility index (Phi) is 6.89. The molecule has 0 spiro atoms. The van der Waals surface area contributed by atoms with Gasteiger partial charge in [-0.25, -0.2) is 23.5 Å². The number of alkyl halides is 1. The number of aliphatic hydroxyl groups is 1. The average Bonchev–Trinajstić information content (AvgIpc) is 3.12. The largest absolute Gasteiger partial charge is 0.708 e. The fourth-order valence-electron chi connectivity index (χ4n) is 3.16. The normalized spacial score (nSPS) is 29.7. The van der Waals surface area contributed by atoms with E-state index in [1.807, 2.05) is 0 Å². The molecule has 3 heterocycles. The van der Waals surface area contributed by atoms with Crippen LogP contribution in [0.3, 0.4) is 0 Å². The van der Waals surface area contributed by atoms with Gasteiger partial charge in [-0.2, -0.15) is 4.31 Å². The van der Waals surface area contributed by atoms with Gasteiger partial charge in [-0.3, -0.25) is 4.89 Å². The molecule has 0 radical (unpaired) electrons. The summed E-state index contributed by atoms with van der Waals surface area (Å²) in [5.41, 5.74) is 3.58. The first kappa shape index (κ1) is 25.2. The van der Waals surface area contributed by atoms with Crippen LogP contribution in [0.2, 0.25) is 0 Å². The number of hydrogen-bond donors (Lipinski definition) is 5. The van der Waals surface area contributed by atoms with Crippen molar-refractivity contribution in [1.29, 1.82) is 0 Å². The first-order valence-corrected chi connectivity index (χ1v) is 12.8. The number of phosphoric acid groups is 2. The van der Waals surface area contributed by atoms with Crippen LogP contribution in [0.5, 0.6) is 0 Å². The highest BCUT2D eigenvalue weighted by atomic mass is 31.3. The van der Waals surface area contributed by atoms with Crippen molar-refractivity contribution in [2.75, 3.05) is 5.73 Å². The van der Waals surface area contributed by atoms with Crippen LogP contribution in [0.25, 0.3) is 11.0 Å². The van der Waals surface area contributed by atoms with Gasteiger partial charge in [0, 0.05) is 10.8 Å². The van der Waals surface area contributed by atoms with E-state index in [2.05, 4.69) is 18.6 Å². The zero-order chi connectivity index (χ0) is 24.1. The summed E-state index contributed by atoms with van der Waals surface area (Å²) in [6.45, 7) is 2.25. The van der Waals surface area contributed by atoms with E-state index < -0.39 is 54.1 Å². The summed E-state index contributed by atoms with van der Waals surface area (Å²) in [6, 6.07) is 1.52. The highest BCUT2D eigenvalue weighted by Gasteiger charge is 2.58. The number of aromatic nitrogens is 3. The lowest BCUT2D eigenvalue weighted by Gasteiger charge is -2.25. The summed E-state index contributed by atoms with van der Waals surface area (Å²) in [4.78, 5) is 34.2. The van der Waals surface area contributed by atoms with Gasteiger partial charge in [0.1, 0.15) is 36.1 Å². The van der Waals surface area contributed by atoms with Crippen molar-refractivity contribution < 1.29 is 55.8 Å². The van der Waals surface area contributed by atoms with E-state index in [1.165, 1.54) is 23.8 Å². The topological polar surface area (TPSA) is 226 Å². The fraction of sp³-hybridized carbons (Fsp3) is 0.538. The van der Waals surface area contributed by atoms with E-state index >= 15 is 4.39 Å². The second kappa shape index (κ2) is 8.75. The first-order chi connectivity index (χ1) is 14.6. The van der Waals surface area contributed by atoms with Gasteiger partial charge < -0.3 is 29.9 Å². The Balaban J connectivity index is 1.76. The van der Waals surface area contributed by atoms with Gasteiger partial charge in [0.25, 0.3) is 0 Å². The third-order valence-electron chi connectivity index (χ3n) is 4.55. The molecule has 0 aromatic carbocycles. The molecule has 1 aliphatic heterocycles. The van der Waals surface area contributed by atoms with Gasteiger partial charge in [0.15, 0.2) is 11.9 Å². The number of anilines is 1. The van der Waals surface area contributed by atoms with Crippen molar-refractivity contribution in [3.63, 3.8) is 0 Å². The molecule has 19 heteroatoms. The molecule has 15 nitrogen and oxygen atoms in total. The second-order valence-corrected chi connectivity index (χ2v) is 10.8. The molecule has 6 N–H and O–H groups in total. The smallest absolute Gasteiger partial charge is 0.387 e. The summed E-state index contributed by atoms with van der Waals surface area (Å²) in [6.07, 6.45) is -3.51. The van der Waals surface area contributed by atoms with E-state index in [4.69, 9.17) is 24.8 Å². The van der Waals surface area contributed by atoms with Gasteiger partial charge in [-0.1, -0.05) is 0 Å². The molecule has 2 aromatic heterocycles. The van der Waals surface area contributed by atoms with Crippen molar-refractivity contribution in [3.05, 3.63) is 18.6 Å². The molecule has 1 fully saturated rings. The molecule has 0 aliphatic carbocycles. The zero-order valence-corrected chi connectivity index (χ0v) is 19.0. The molecule has 178 valence electrons. The highest BCUT2D eigenvalue weighted by molar-refractivity contribution is 7.64. The van der Waals surface area contributed by atoms with Crippen LogP contribution < -0.4 is 5.73 Å². The summed E-state index contributed by atoms with van der Waals surface area (Å²) in [7, 11) is -14.4. The van der Waals surface area contributed by atoms with Gasteiger partial charge in [0.05, 0.1) is 5.39 Å². The van der Waals surface area contributed by atoms with Crippen LogP contribution in [-0.4, -0.2) is 58.3 Å². The Hall–Kier alpha value is -1.41. The maximum atomic E-state index is 15.4. The van der Waals surface area contributed by atoms with Crippen LogP contribution in [0.4, 0.5) is 10.2 Å². The number of nitrogen functional groups attached to an aromatic ring is 1. The number of aliphatic hydroxyl groups excluding tert-OH is 1. The van der Waals surface area contributed by atoms with E-state index in [0.717, 1.165) is 13.3 Å².